The number of carbonyl (C=O) groups is 2. The molecule has 0 aliphatic rings. The molecule has 0 rings (SSSR count). The number of carboxylic acid groups (broad SMARTS) is 1. The van der Waals surface area contributed by atoms with E-state index in [1.165, 1.54) is 32.1 Å². The van der Waals surface area contributed by atoms with Gasteiger partial charge in [-0.1, -0.05) is 45.4 Å². The largest absolute Gasteiger partial charge is 1.00 e. The predicted molar refractivity (Wildman–Crippen MR) is 78.3 cm³/mol. The fourth-order valence-corrected chi connectivity index (χ4v) is 1.94. The van der Waals surface area contributed by atoms with E-state index in [0.717, 1.165) is 25.8 Å². The second-order valence-electron chi connectivity index (χ2n) is 5.13. The van der Waals surface area contributed by atoms with E-state index in [1.807, 2.05) is 0 Å². The molecule has 0 aromatic carbocycles. The van der Waals surface area contributed by atoms with Gasteiger partial charge in [-0.05, 0) is 25.7 Å². The Labute approximate surface area is 150 Å². The average molecular weight is 308 g/mol. The van der Waals surface area contributed by atoms with Crippen LogP contribution in [0.4, 0.5) is 4.79 Å². The molecule has 2 amide bonds. The number of amides is 2. The van der Waals surface area contributed by atoms with Gasteiger partial charge in [0, 0.05) is 19.1 Å². The van der Waals surface area contributed by atoms with E-state index in [-0.39, 0.29) is 42.0 Å². The van der Waals surface area contributed by atoms with E-state index >= 15 is 0 Å². The standard InChI is InChI=1S/C15H30N2O3.Na/c1-2-3-4-5-6-9-12-16-15(20)17-13-10-7-8-11-14(18)19;/h2-13H2,1H3,(H,18,19)(H2,16,17,20);/q;+1/p-1. The van der Waals surface area contributed by atoms with Gasteiger partial charge >= 0.3 is 35.6 Å². The van der Waals surface area contributed by atoms with Gasteiger partial charge in [-0.3, -0.25) is 0 Å². The number of unbranched alkanes of at least 4 members (excludes halogenated alkanes) is 7. The van der Waals surface area contributed by atoms with Crippen molar-refractivity contribution in [3.05, 3.63) is 0 Å². The summed E-state index contributed by atoms with van der Waals surface area (Å²) in [7, 11) is 0. The first-order valence-electron chi connectivity index (χ1n) is 7.88. The first kappa shape index (κ1) is 23.0. The van der Waals surface area contributed by atoms with E-state index in [0.29, 0.717) is 13.0 Å². The summed E-state index contributed by atoms with van der Waals surface area (Å²) in [4.78, 5) is 21.6. The Bertz CT molecular complexity index is 263. The van der Waals surface area contributed by atoms with Crippen LogP contribution in [0.1, 0.15) is 71.1 Å². The third kappa shape index (κ3) is 19.7. The Balaban J connectivity index is 0. The Morgan fingerprint density at radius 3 is 1.81 bits per heavy atom. The Kier molecular flexibility index (Phi) is 19.5. The zero-order chi connectivity index (χ0) is 15.1. The predicted octanol–water partition coefficient (Wildman–Crippen LogP) is -1.04. The van der Waals surface area contributed by atoms with Gasteiger partial charge in [0.15, 0.2) is 0 Å². The molecule has 0 heterocycles. The summed E-state index contributed by atoms with van der Waals surface area (Å²) in [6, 6.07) is -0.126. The molecule has 0 radical (unpaired) electrons. The molecule has 5 nitrogen and oxygen atoms in total. The maximum absolute atomic E-state index is 11.4. The normalized spacial score (nSPS) is 9.76. The van der Waals surface area contributed by atoms with Crippen molar-refractivity contribution in [3.63, 3.8) is 0 Å². The van der Waals surface area contributed by atoms with Crippen LogP contribution in [0.15, 0.2) is 0 Å². The minimum Gasteiger partial charge on any atom is -0.550 e. The number of hydrogen-bond acceptors (Lipinski definition) is 3. The third-order valence-electron chi connectivity index (χ3n) is 3.16. The van der Waals surface area contributed by atoms with Gasteiger partial charge in [0.05, 0.1) is 0 Å². The fraction of sp³-hybridized carbons (Fsp3) is 0.867. The van der Waals surface area contributed by atoms with E-state index in [9.17, 15) is 14.7 Å². The van der Waals surface area contributed by atoms with Gasteiger partial charge in [0.1, 0.15) is 0 Å². The molecular formula is C15H29N2NaO3. The monoisotopic (exact) mass is 308 g/mol. The van der Waals surface area contributed by atoms with Gasteiger partial charge in [-0.25, -0.2) is 4.79 Å². The molecule has 0 aliphatic carbocycles. The molecule has 0 saturated heterocycles. The zero-order valence-corrected chi connectivity index (χ0v) is 15.7. The quantitative estimate of drug-likeness (QED) is 0.337. The van der Waals surface area contributed by atoms with Crippen molar-refractivity contribution < 1.29 is 44.3 Å². The van der Waals surface area contributed by atoms with E-state index in [2.05, 4.69) is 17.6 Å². The van der Waals surface area contributed by atoms with Crippen molar-refractivity contribution in [2.75, 3.05) is 13.1 Å². The van der Waals surface area contributed by atoms with Crippen LogP contribution in [-0.4, -0.2) is 25.1 Å². The summed E-state index contributed by atoms with van der Waals surface area (Å²) >= 11 is 0. The summed E-state index contributed by atoms with van der Waals surface area (Å²) in [6.07, 6.45) is 9.60. The minimum absolute atomic E-state index is 0. The van der Waals surface area contributed by atoms with Crippen LogP contribution < -0.4 is 45.3 Å². The number of aliphatic carboxylic acids is 1. The smallest absolute Gasteiger partial charge is 0.550 e. The molecular weight excluding hydrogens is 279 g/mol. The summed E-state index contributed by atoms with van der Waals surface area (Å²) in [6.45, 7) is 3.52. The molecule has 0 saturated carbocycles. The molecule has 21 heavy (non-hydrogen) atoms. The maximum Gasteiger partial charge on any atom is 1.00 e. The van der Waals surface area contributed by atoms with Crippen molar-refractivity contribution in [1.29, 1.82) is 0 Å². The Morgan fingerprint density at radius 2 is 1.29 bits per heavy atom. The van der Waals surface area contributed by atoms with Gasteiger partial charge < -0.3 is 20.5 Å². The molecule has 0 aliphatic heterocycles. The Morgan fingerprint density at radius 1 is 0.810 bits per heavy atom. The Hall–Kier alpha value is -0.260. The summed E-state index contributed by atoms with van der Waals surface area (Å²) < 4.78 is 0. The molecule has 0 atom stereocenters. The van der Waals surface area contributed by atoms with Gasteiger partial charge in [0.2, 0.25) is 0 Å². The van der Waals surface area contributed by atoms with Crippen molar-refractivity contribution >= 4 is 12.0 Å². The molecule has 0 unspecified atom stereocenters. The molecule has 2 N–H and O–H groups in total. The van der Waals surface area contributed by atoms with Crippen LogP contribution >= 0.6 is 0 Å². The second kappa shape index (κ2) is 17.8. The van der Waals surface area contributed by atoms with Gasteiger partial charge in [0.25, 0.3) is 0 Å². The van der Waals surface area contributed by atoms with Crippen LogP contribution in [0.5, 0.6) is 0 Å². The number of carbonyl (C=O) groups excluding carboxylic acids is 2. The molecule has 6 heteroatoms. The summed E-state index contributed by atoms with van der Waals surface area (Å²) in [5.74, 6) is -1.00. The molecule has 0 fully saturated rings. The van der Waals surface area contributed by atoms with Crippen molar-refractivity contribution in [1.82, 2.24) is 10.6 Å². The number of urea groups is 1. The second-order valence-corrected chi connectivity index (χ2v) is 5.13. The molecule has 118 valence electrons. The third-order valence-corrected chi connectivity index (χ3v) is 3.16. The molecule has 0 spiro atoms. The summed E-state index contributed by atoms with van der Waals surface area (Å²) in [5.41, 5.74) is 0. The van der Waals surface area contributed by atoms with Crippen molar-refractivity contribution in [3.8, 4) is 0 Å². The van der Waals surface area contributed by atoms with Crippen molar-refractivity contribution in [2.24, 2.45) is 0 Å². The van der Waals surface area contributed by atoms with Crippen LogP contribution in [-0.2, 0) is 4.79 Å². The average Bonchev–Trinajstić information content (AvgIpc) is 2.41. The fourth-order valence-electron chi connectivity index (χ4n) is 1.94. The molecule has 0 aromatic rings. The number of nitrogens with one attached hydrogen (secondary N) is 2. The van der Waals surface area contributed by atoms with Crippen LogP contribution in [0, 0.1) is 0 Å². The van der Waals surface area contributed by atoms with Gasteiger partial charge in [-0.2, -0.15) is 0 Å². The van der Waals surface area contributed by atoms with Crippen molar-refractivity contribution in [2.45, 2.75) is 71.1 Å². The first-order valence-corrected chi connectivity index (χ1v) is 7.88. The van der Waals surface area contributed by atoms with Gasteiger partial charge in [-0.15, -0.1) is 0 Å². The van der Waals surface area contributed by atoms with E-state index in [1.54, 1.807) is 0 Å². The minimum atomic E-state index is -1.00. The topological polar surface area (TPSA) is 81.3 Å². The number of rotatable bonds is 13. The number of hydrogen-bond donors (Lipinski definition) is 2. The van der Waals surface area contributed by atoms with E-state index < -0.39 is 5.97 Å². The SMILES string of the molecule is CCCCCCCCNC(=O)NCCCCCC(=O)[O-].[Na+]. The van der Waals surface area contributed by atoms with E-state index in [4.69, 9.17) is 0 Å². The van der Waals surface area contributed by atoms with Crippen LogP contribution in [0.2, 0.25) is 0 Å². The zero-order valence-electron chi connectivity index (χ0n) is 13.7. The van der Waals surface area contributed by atoms with Crippen LogP contribution in [0.25, 0.3) is 0 Å². The van der Waals surface area contributed by atoms with Crippen LogP contribution in [0.3, 0.4) is 0 Å². The summed E-state index contributed by atoms with van der Waals surface area (Å²) in [5, 5.41) is 15.8. The molecule has 0 aromatic heterocycles. The first-order chi connectivity index (χ1) is 9.66. The maximum atomic E-state index is 11.4. The molecule has 0 bridgehead atoms. The number of carboxylic acids is 1.